The van der Waals surface area contributed by atoms with Crippen LogP contribution in [-0.4, -0.2) is 45.8 Å². The van der Waals surface area contributed by atoms with Crippen LogP contribution in [0.25, 0.3) is 11.2 Å². The Balaban J connectivity index is 1.64. The number of nitrogens with one attached hydrogen (secondary N) is 2. The van der Waals surface area contributed by atoms with Crippen molar-refractivity contribution in [2.45, 2.75) is 64.2 Å². The molecule has 1 aromatic carbocycles. The van der Waals surface area contributed by atoms with Gasteiger partial charge in [-0.3, -0.25) is 0 Å². The average molecular weight is 440 g/mol. The molecule has 0 atom stereocenters. The van der Waals surface area contributed by atoms with Crippen molar-refractivity contribution >= 4 is 22.9 Å². The zero-order chi connectivity index (χ0) is 22.7. The van der Waals surface area contributed by atoms with E-state index in [1.54, 1.807) is 14.2 Å². The number of methoxy groups -OCH3 is 2. The number of nitrogens with two attached hydrogens (primary N) is 1. The summed E-state index contributed by atoms with van der Waals surface area (Å²) in [6.45, 7) is 4.75. The first-order chi connectivity index (χ1) is 15.5. The van der Waals surface area contributed by atoms with Crippen molar-refractivity contribution < 1.29 is 9.47 Å². The fraction of sp³-hybridized carbons (Fsp3) is 0.522. The summed E-state index contributed by atoms with van der Waals surface area (Å²) in [6.07, 6.45) is 5.91. The van der Waals surface area contributed by atoms with E-state index in [2.05, 4.69) is 34.0 Å². The van der Waals surface area contributed by atoms with Crippen LogP contribution in [0.2, 0.25) is 0 Å². The van der Waals surface area contributed by atoms with Crippen molar-refractivity contribution in [3.8, 4) is 11.5 Å². The Morgan fingerprint density at radius 2 is 1.91 bits per heavy atom. The molecule has 9 nitrogen and oxygen atoms in total. The standard InChI is InChI=1S/C23H33N7O2/c1-14(2)30-13-26-19-21(25-12-15-6-5-7-18(31-3)20(15)32-4)28-23(29-22(19)30)27-17-10-8-16(24)9-11-17/h5-7,13-14,16-17H,8-12,24H2,1-4H3,(H2,25,27,28,29). The molecular formula is C23H33N7O2. The zero-order valence-corrected chi connectivity index (χ0v) is 19.3. The Morgan fingerprint density at radius 3 is 2.59 bits per heavy atom. The molecule has 4 rings (SSSR count). The van der Waals surface area contributed by atoms with E-state index in [9.17, 15) is 0 Å². The number of anilines is 2. The topological polar surface area (TPSA) is 112 Å². The molecule has 0 spiro atoms. The van der Waals surface area contributed by atoms with Crippen molar-refractivity contribution in [1.82, 2.24) is 19.5 Å². The summed E-state index contributed by atoms with van der Waals surface area (Å²) in [6, 6.07) is 6.70. The summed E-state index contributed by atoms with van der Waals surface area (Å²) in [7, 11) is 3.28. The number of hydrogen-bond acceptors (Lipinski definition) is 8. The fourth-order valence-electron chi connectivity index (χ4n) is 4.20. The summed E-state index contributed by atoms with van der Waals surface area (Å²) >= 11 is 0. The van der Waals surface area contributed by atoms with Gasteiger partial charge in [-0.15, -0.1) is 0 Å². The Kier molecular flexibility index (Phi) is 6.64. The van der Waals surface area contributed by atoms with Crippen molar-refractivity contribution in [1.29, 1.82) is 0 Å². The number of aromatic nitrogens is 4. The van der Waals surface area contributed by atoms with Crippen LogP contribution in [-0.2, 0) is 6.54 Å². The van der Waals surface area contributed by atoms with Gasteiger partial charge in [0, 0.05) is 30.2 Å². The molecule has 0 unspecified atom stereocenters. The Morgan fingerprint density at radius 1 is 1.12 bits per heavy atom. The third-order valence-corrected chi connectivity index (χ3v) is 6.01. The number of fused-ring (bicyclic) bond motifs is 1. The van der Waals surface area contributed by atoms with E-state index in [1.807, 2.05) is 24.5 Å². The van der Waals surface area contributed by atoms with Gasteiger partial charge in [-0.25, -0.2) is 4.98 Å². The predicted molar refractivity (Wildman–Crippen MR) is 126 cm³/mol. The monoisotopic (exact) mass is 439 g/mol. The molecule has 9 heteroatoms. The number of hydrogen-bond donors (Lipinski definition) is 3. The Labute approximate surface area is 188 Å². The number of nitrogens with zero attached hydrogens (tertiary/aromatic N) is 4. The molecule has 2 heterocycles. The van der Waals surface area contributed by atoms with E-state index >= 15 is 0 Å². The third kappa shape index (κ3) is 4.57. The van der Waals surface area contributed by atoms with Gasteiger partial charge in [0.15, 0.2) is 28.5 Å². The largest absolute Gasteiger partial charge is 0.493 e. The smallest absolute Gasteiger partial charge is 0.227 e. The van der Waals surface area contributed by atoms with E-state index in [1.165, 1.54) is 0 Å². The number of imidazole rings is 1. The molecule has 0 bridgehead atoms. The van der Waals surface area contributed by atoms with Crippen LogP contribution in [0, 0.1) is 0 Å². The molecule has 0 radical (unpaired) electrons. The van der Waals surface area contributed by atoms with E-state index in [0.29, 0.717) is 41.9 Å². The van der Waals surface area contributed by atoms with E-state index in [-0.39, 0.29) is 6.04 Å². The molecule has 0 aliphatic heterocycles. The lowest BCUT2D eigenvalue weighted by Gasteiger charge is -2.27. The second-order valence-corrected chi connectivity index (χ2v) is 8.58. The van der Waals surface area contributed by atoms with E-state index < -0.39 is 0 Å². The first-order valence-corrected chi connectivity index (χ1v) is 11.2. The van der Waals surface area contributed by atoms with Crippen LogP contribution in [0.5, 0.6) is 11.5 Å². The minimum Gasteiger partial charge on any atom is -0.493 e. The van der Waals surface area contributed by atoms with Gasteiger partial charge in [0.1, 0.15) is 0 Å². The number of benzene rings is 1. The lowest BCUT2D eigenvalue weighted by molar-refractivity contribution is 0.352. The summed E-state index contributed by atoms with van der Waals surface area (Å²) in [5.74, 6) is 2.70. The van der Waals surface area contributed by atoms with E-state index in [4.69, 9.17) is 25.2 Å². The highest BCUT2D eigenvalue weighted by Crippen LogP contribution is 2.32. The van der Waals surface area contributed by atoms with Gasteiger partial charge < -0.3 is 30.4 Å². The summed E-state index contributed by atoms with van der Waals surface area (Å²) in [4.78, 5) is 14.2. The first kappa shape index (κ1) is 22.1. The minimum absolute atomic E-state index is 0.238. The van der Waals surface area contributed by atoms with Crippen LogP contribution in [0.3, 0.4) is 0 Å². The predicted octanol–water partition coefficient (Wildman–Crippen LogP) is 3.72. The molecule has 1 saturated carbocycles. The molecule has 1 aliphatic rings. The maximum atomic E-state index is 6.07. The van der Waals surface area contributed by atoms with E-state index in [0.717, 1.165) is 42.4 Å². The Hall–Kier alpha value is -3.07. The molecule has 1 fully saturated rings. The molecule has 172 valence electrons. The molecular weight excluding hydrogens is 406 g/mol. The van der Waals surface area contributed by atoms with Gasteiger partial charge in [-0.2, -0.15) is 9.97 Å². The van der Waals surface area contributed by atoms with Gasteiger partial charge in [0.25, 0.3) is 0 Å². The number of ether oxygens (including phenoxy) is 2. The lowest BCUT2D eigenvalue weighted by Crippen LogP contribution is -2.33. The highest BCUT2D eigenvalue weighted by molar-refractivity contribution is 5.84. The zero-order valence-electron chi connectivity index (χ0n) is 19.3. The highest BCUT2D eigenvalue weighted by Gasteiger charge is 2.21. The quantitative estimate of drug-likeness (QED) is 0.487. The molecule has 0 amide bonds. The molecule has 4 N–H and O–H groups in total. The van der Waals surface area contributed by atoms with Gasteiger partial charge in [-0.1, -0.05) is 12.1 Å². The van der Waals surface area contributed by atoms with Crippen LogP contribution in [0.15, 0.2) is 24.5 Å². The van der Waals surface area contributed by atoms with Crippen LogP contribution >= 0.6 is 0 Å². The SMILES string of the molecule is COc1cccc(CNc2nc(NC3CCC(N)CC3)nc3c2ncn3C(C)C)c1OC. The van der Waals surface area contributed by atoms with Crippen molar-refractivity contribution in [3.63, 3.8) is 0 Å². The van der Waals surface area contributed by atoms with Gasteiger partial charge in [0.05, 0.1) is 20.5 Å². The molecule has 2 aromatic heterocycles. The third-order valence-electron chi connectivity index (χ3n) is 6.01. The Bertz CT molecular complexity index is 1060. The van der Waals surface area contributed by atoms with Gasteiger partial charge >= 0.3 is 0 Å². The van der Waals surface area contributed by atoms with Gasteiger partial charge in [-0.05, 0) is 45.6 Å². The van der Waals surface area contributed by atoms with Crippen LogP contribution < -0.4 is 25.8 Å². The molecule has 1 aliphatic carbocycles. The average Bonchev–Trinajstić information content (AvgIpc) is 3.23. The van der Waals surface area contributed by atoms with Gasteiger partial charge in [0.2, 0.25) is 5.95 Å². The fourth-order valence-corrected chi connectivity index (χ4v) is 4.20. The lowest BCUT2D eigenvalue weighted by atomic mass is 9.92. The van der Waals surface area contributed by atoms with Crippen LogP contribution in [0.1, 0.15) is 51.1 Å². The number of para-hydroxylation sites is 1. The second-order valence-electron chi connectivity index (χ2n) is 8.58. The maximum Gasteiger partial charge on any atom is 0.227 e. The second kappa shape index (κ2) is 9.60. The highest BCUT2D eigenvalue weighted by atomic mass is 16.5. The summed E-state index contributed by atoms with van der Waals surface area (Å²) in [5.41, 5.74) is 8.59. The van der Waals surface area contributed by atoms with Crippen LogP contribution in [0.4, 0.5) is 11.8 Å². The minimum atomic E-state index is 0.238. The van der Waals surface area contributed by atoms with Crippen molar-refractivity contribution in [2.75, 3.05) is 24.9 Å². The normalized spacial score (nSPS) is 18.7. The van der Waals surface area contributed by atoms with Crippen molar-refractivity contribution in [2.24, 2.45) is 5.73 Å². The molecule has 0 saturated heterocycles. The first-order valence-electron chi connectivity index (χ1n) is 11.2. The summed E-state index contributed by atoms with van der Waals surface area (Å²) in [5, 5.41) is 6.97. The number of rotatable bonds is 8. The van der Waals surface area contributed by atoms with Crippen molar-refractivity contribution in [3.05, 3.63) is 30.1 Å². The summed E-state index contributed by atoms with van der Waals surface area (Å²) < 4.78 is 13.1. The molecule has 3 aromatic rings. The molecule has 32 heavy (non-hydrogen) atoms. The maximum absolute atomic E-state index is 6.07.